The minimum Gasteiger partial charge on any atom is -0.317 e. The lowest BCUT2D eigenvalue weighted by atomic mass is 9.89. The Balaban J connectivity index is 1.89. The third-order valence-electron chi connectivity index (χ3n) is 3.50. The van der Waals surface area contributed by atoms with Crippen LogP contribution in [0.2, 0.25) is 0 Å². The third-order valence-corrected chi connectivity index (χ3v) is 3.50. The van der Waals surface area contributed by atoms with Crippen molar-refractivity contribution in [3.8, 4) is 0 Å². The van der Waals surface area contributed by atoms with Gasteiger partial charge in [-0.3, -0.25) is 0 Å². The Kier molecular flexibility index (Phi) is 2.66. The average Bonchev–Trinajstić information content (AvgIpc) is 2.53. The summed E-state index contributed by atoms with van der Waals surface area (Å²) in [5, 5.41) is 3.43. The van der Waals surface area contributed by atoms with Gasteiger partial charge in [-0.2, -0.15) is 0 Å². The summed E-state index contributed by atoms with van der Waals surface area (Å²) in [7, 11) is 2.29. The van der Waals surface area contributed by atoms with Crippen LogP contribution in [0.1, 0.15) is 25.7 Å². The lowest BCUT2D eigenvalue weighted by Crippen LogP contribution is -2.39. The van der Waals surface area contributed by atoms with Crippen LogP contribution in [0.5, 0.6) is 0 Å². The molecule has 0 bridgehead atoms. The Morgan fingerprint density at radius 1 is 1.17 bits per heavy atom. The van der Waals surface area contributed by atoms with Crippen LogP contribution < -0.4 is 5.32 Å². The number of hydrogen-bond donors (Lipinski definition) is 1. The highest BCUT2D eigenvalue weighted by molar-refractivity contribution is 4.85. The van der Waals surface area contributed by atoms with Gasteiger partial charge in [-0.1, -0.05) is 0 Å². The number of nitrogens with zero attached hydrogens (tertiary/aromatic N) is 1. The first-order valence-corrected chi connectivity index (χ1v) is 5.29. The molecule has 0 aromatic carbocycles. The van der Waals surface area contributed by atoms with Crippen LogP contribution in [0.15, 0.2) is 0 Å². The highest BCUT2D eigenvalue weighted by Gasteiger charge is 2.29. The molecule has 2 nitrogen and oxygen atoms in total. The van der Waals surface area contributed by atoms with Crippen molar-refractivity contribution in [3.63, 3.8) is 0 Å². The molecule has 0 spiro atoms. The Morgan fingerprint density at radius 3 is 2.50 bits per heavy atom. The van der Waals surface area contributed by atoms with E-state index in [1.807, 2.05) is 0 Å². The Bertz CT molecular complexity index is 141. The zero-order valence-corrected chi connectivity index (χ0v) is 8.05. The van der Waals surface area contributed by atoms with E-state index in [1.165, 1.54) is 45.3 Å². The molecule has 0 aliphatic carbocycles. The van der Waals surface area contributed by atoms with Crippen LogP contribution in [0.4, 0.5) is 0 Å². The molecule has 0 radical (unpaired) electrons. The summed E-state index contributed by atoms with van der Waals surface area (Å²) in [5.41, 5.74) is 0. The van der Waals surface area contributed by atoms with Gasteiger partial charge in [0.25, 0.3) is 0 Å². The maximum Gasteiger partial charge on any atom is 0.0122 e. The van der Waals surface area contributed by atoms with Crippen molar-refractivity contribution in [3.05, 3.63) is 0 Å². The standard InChI is InChI=1S/C10H20N2/c1-12-8-2-3-10(12)9-4-6-11-7-5-9/h9-11H,2-8H2,1H3. The van der Waals surface area contributed by atoms with E-state index in [2.05, 4.69) is 17.3 Å². The van der Waals surface area contributed by atoms with E-state index in [9.17, 15) is 0 Å². The van der Waals surface area contributed by atoms with Crippen LogP contribution in [0, 0.1) is 5.92 Å². The lowest BCUT2D eigenvalue weighted by Gasteiger charge is -2.32. The van der Waals surface area contributed by atoms with Crippen molar-refractivity contribution in [2.45, 2.75) is 31.7 Å². The lowest BCUT2D eigenvalue weighted by molar-refractivity contribution is 0.191. The first-order chi connectivity index (χ1) is 5.88. The maximum absolute atomic E-state index is 3.43. The highest BCUT2D eigenvalue weighted by atomic mass is 15.2. The summed E-state index contributed by atoms with van der Waals surface area (Å²) in [6, 6.07) is 0.909. The second-order valence-electron chi connectivity index (χ2n) is 4.28. The molecule has 12 heavy (non-hydrogen) atoms. The van der Waals surface area contributed by atoms with Gasteiger partial charge in [0.2, 0.25) is 0 Å². The van der Waals surface area contributed by atoms with E-state index in [1.54, 1.807) is 0 Å². The van der Waals surface area contributed by atoms with Crippen molar-refractivity contribution >= 4 is 0 Å². The van der Waals surface area contributed by atoms with Gasteiger partial charge < -0.3 is 10.2 Å². The topological polar surface area (TPSA) is 15.3 Å². The van der Waals surface area contributed by atoms with Crippen molar-refractivity contribution in [1.82, 2.24) is 10.2 Å². The van der Waals surface area contributed by atoms with Gasteiger partial charge in [-0.05, 0) is 58.3 Å². The third kappa shape index (κ3) is 1.64. The summed E-state index contributed by atoms with van der Waals surface area (Å²) in [5.74, 6) is 0.985. The number of nitrogens with one attached hydrogen (secondary N) is 1. The van der Waals surface area contributed by atoms with Gasteiger partial charge in [0.15, 0.2) is 0 Å². The minimum atomic E-state index is 0.909. The van der Waals surface area contributed by atoms with Gasteiger partial charge in [0.05, 0.1) is 0 Å². The monoisotopic (exact) mass is 168 g/mol. The molecular formula is C10H20N2. The summed E-state index contributed by atoms with van der Waals surface area (Å²) >= 11 is 0. The van der Waals surface area contributed by atoms with E-state index < -0.39 is 0 Å². The molecule has 0 aromatic heterocycles. The van der Waals surface area contributed by atoms with Gasteiger partial charge in [0, 0.05) is 6.04 Å². The van der Waals surface area contributed by atoms with Crippen LogP contribution in [-0.4, -0.2) is 37.6 Å². The van der Waals surface area contributed by atoms with E-state index in [-0.39, 0.29) is 0 Å². The molecular weight excluding hydrogens is 148 g/mol. The predicted molar refractivity (Wildman–Crippen MR) is 51.2 cm³/mol. The smallest absolute Gasteiger partial charge is 0.0122 e. The number of hydrogen-bond acceptors (Lipinski definition) is 2. The minimum absolute atomic E-state index is 0.909. The van der Waals surface area contributed by atoms with E-state index in [4.69, 9.17) is 0 Å². The zero-order chi connectivity index (χ0) is 8.39. The molecule has 0 aromatic rings. The average molecular weight is 168 g/mol. The van der Waals surface area contributed by atoms with Crippen molar-refractivity contribution in [2.24, 2.45) is 5.92 Å². The molecule has 2 fully saturated rings. The second-order valence-corrected chi connectivity index (χ2v) is 4.28. The number of piperidine rings is 1. The summed E-state index contributed by atoms with van der Waals surface area (Å²) < 4.78 is 0. The Hall–Kier alpha value is -0.0800. The van der Waals surface area contributed by atoms with Gasteiger partial charge in [0.1, 0.15) is 0 Å². The van der Waals surface area contributed by atoms with E-state index in [0.29, 0.717) is 0 Å². The molecule has 0 amide bonds. The molecule has 1 N–H and O–H groups in total. The summed E-state index contributed by atoms with van der Waals surface area (Å²) in [6.07, 6.45) is 5.66. The predicted octanol–water partition coefficient (Wildman–Crippen LogP) is 1.08. The number of rotatable bonds is 1. The van der Waals surface area contributed by atoms with E-state index in [0.717, 1.165) is 12.0 Å². The molecule has 2 rings (SSSR count). The SMILES string of the molecule is CN1CCCC1C1CCNCC1. The van der Waals surface area contributed by atoms with Crippen molar-refractivity contribution < 1.29 is 0 Å². The summed E-state index contributed by atoms with van der Waals surface area (Å²) in [6.45, 7) is 3.82. The largest absolute Gasteiger partial charge is 0.317 e. The van der Waals surface area contributed by atoms with Gasteiger partial charge in [-0.15, -0.1) is 0 Å². The molecule has 70 valence electrons. The fourth-order valence-electron chi connectivity index (χ4n) is 2.76. The van der Waals surface area contributed by atoms with Crippen molar-refractivity contribution in [1.29, 1.82) is 0 Å². The van der Waals surface area contributed by atoms with Crippen LogP contribution in [0.3, 0.4) is 0 Å². The first kappa shape index (κ1) is 8.52. The van der Waals surface area contributed by atoms with Crippen molar-refractivity contribution in [2.75, 3.05) is 26.7 Å². The molecule has 1 atom stereocenters. The first-order valence-electron chi connectivity index (χ1n) is 5.29. The Morgan fingerprint density at radius 2 is 1.92 bits per heavy atom. The number of likely N-dealkylation sites (tertiary alicyclic amines) is 1. The van der Waals surface area contributed by atoms with Crippen LogP contribution in [0.25, 0.3) is 0 Å². The zero-order valence-electron chi connectivity index (χ0n) is 8.05. The normalized spacial score (nSPS) is 34.2. The maximum atomic E-state index is 3.43. The molecule has 2 aliphatic heterocycles. The van der Waals surface area contributed by atoms with Crippen LogP contribution >= 0.6 is 0 Å². The molecule has 2 heterocycles. The van der Waals surface area contributed by atoms with Crippen LogP contribution in [-0.2, 0) is 0 Å². The van der Waals surface area contributed by atoms with Gasteiger partial charge in [-0.25, -0.2) is 0 Å². The van der Waals surface area contributed by atoms with E-state index >= 15 is 0 Å². The molecule has 1 unspecified atom stereocenters. The molecule has 2 saturated heterocycles. The molecule has 2 aliphatic rings. The summed E-state index contributed by atoms with van der Waals surface area (Å²) in [4.78, 5) is 2.57. The fraction of sp³-hybridized carbons (Fsp3) is 1.00. The molecule has 0 saturated carbocycles. The van der Waals surface area contributed by atoms with Gasteiger partial charge >= 0.3 is 0 Å². The highest BCUT2D eigenvalue weighted by Crippen LogP contribution is 2.27. The quantitative estimate of drug-likeness (QED) is 0.630. The second kappa shape index (κ2) is 3.75. The Labute approximate surface area is 75.3 Å². The molecule has 2 heteroatoms. The fourth-order valence-corrected chi connectivity index (χ4v) is 2.76.